The monoisotopic (exact) mass is 336 g/mol. The van der Waals surface area contributed by atoms with Gasteiger partial charge in [-0.25, -0.2) is 0 Å². The second kappa shape index (κ2) is 3.93. The van der Waals surface area contributed by atoms with E-state index in [4.69, 9.17) is 0 Å². The fraction of sp³-hybridized carbons (Fsp3) is 0.562. The van der Waals surface area contributed by atoms with Crippen molar-refractivity contribution in [3.63, 3.8) is 0 Å². The zero-order valence-electron chi connectivity index (χ0n) is 12.0. The largest absolute Gasteiger partial charge is 0.297 e. The second-order valence-electron chi connectivity index (χ2n) is 7.46. The van der Waals surface area contributed by atoms with Gasteiger partial charge in [0, 0.05) is 4.47 Å². The molecule has 4 saturated heterocycles. The minimum absolute atomic E-state index is 0.0955. The highest BCUT2D eigenvalue weighted by atomic mass is 79.9. The molecule has 4 fully saturated rings. The summed E-state index contributed by atoms with van der Waals surface area (Å²) in [7, 11) is 0. The summed E-state index contributed by atoms with van der Waals surface area (Å²) in [5.41, 5.74) is 1.22. The number of ketones is 1. The topological polar surface area (TPSA) is 26.0 Å². The van der Waals surface area contributed by atoms with E-state index in [2.05, 4.69) is 54.0 Å². The first-order chi connectivity index (χ1) is 9.41. The maximum Gasteiger partial charge on any atom is 0.240 e. The molecule has 4 heterocycles. The summed E-state index contributed by atoms with van der Waals surface area (Å²) in [4.78, 5) is 15.9. The van der Waals surface area contributed by atoms with Crippen LogP contribution in [0.4, 0.5) is 0 Å². The minimum atomic E-state index is -0.0955. The number of hydrogen-bond donors (Lipinski definition) is 2. The molecule has 4 aliphatic heterocycles. The van der Waals surface area contributed by atoms with E-state index in [1.165, 1.54) is 5.56 Å². The smallest absolute Gasteiger partial charge is 0.240 e. The van der Waals surface area contributed by atoms with Gasteiger partial charge >= 0.3 is 0 Å². The van der Waals surface area contributed by atoms with Gasteiger partial charge in [0.1, 0.15) is 10.8 Å². The first kappa shape index (κ1) is 13.0. The van der Waals surface area contributed by atoms with Crippen LogP contribution in [0.25, 0.3) is 0 Å². The Morgan fingerprint density at radius 2 is 1.45 bits per heavy atom. The number of hydrogen-bond acceptors (Lipinski definition) is 1. The van der Waals surface area contributed by atoms with E-state index < -0.39 is 0 Å². The molecule has 4 bridgehead atoms. The third kappa shape index (κ3) is 1.62. The van der Waals surface area contributed by atoms with Crippen LogP contribution in [0.15, 0.2) is 28.7 Å². The van der Waals surface area contributed by atoms with Gasteiger partial charge in [-0.3, -0.25) is 14.6 Å². The van der Waals surface area contributed by atoms with Crippen molar-refractivity contribution < 1.29 is 14.6 Å². The van der Waals surface area contributed by atoms with E-state index in [9.17, 15) is 4.79 Å². The Morgan fingerprint density at radius 1 is 1.00 bits per heavy atom. The van der Waals surface area contributed by atoms with Crippen LogP contribution in [-0.4, -0.2) is 32.0 Å². The lowest BCUT2D eigenvalue weighted by Crippen LogP contribution is -3.41. The van der Waals surface area contributed by atoms with Crippen molar-refractivity contribution >= 4 is 21.7 Å². The van der Waals surface area contributed by atoms with Crippen molar-refractivity contribution in [1.82, 2.24) is 0 Å². The summed E-state index contributed by atoms with van der Waals surface area (Å²) >= 11 is 3.51. The molecule has 0 aliphatic carbocycles. The van der Waals surface area contributed by atoms with Crippen LogP contribution < -0.4 is 9.80 Å². The lowest BCUT2D eigenvalue weighted by Gasteiger charge is -2.58. The average Bonchev–Trinajstić information content (AvgIpc) is 2.36. The van der Waals surface area contributed by atoms with Crippen LogP contribution in [0.3, 0.4) is 0 Å². The van der Waals surface area contributed by atoms with Crippen molar-refractivity contribution in [3.8, 4) is 0 Å². The molecule has 1 aromatic rings. The third-order valence-electron chi connectivity index (χ3n) is 5.59. The zero-order valence-corrected chi connectivity index (χ0v) is 13.6. The Hall–Kier alpha value is -0.710. The number of nitrogens with one attached hydrogen (secondary N) is 2. The number of halogens is 1. The number of rotatable bonds is 1. The zero-order chi connectivity index (χ0) is 14.1. The number of piperidine rings is 2. The van der Waals surface area contributed by atoms with Crippen LogP contribution in [0, 0.1) is 10.8 Å². The Labute approximate surface area is 128 Å². The van der Waals surface area contributed by atoms with Gasteiger partial charge in [0.2, 0.25) is 6.17 Å². The molecule has 3 nitrogen and oxygen atoms in total. The Kier molecular flexibility index (Phi) is 2.55. The summed E-state index contributed by atoms with van der Waals surface area (Å²) in [6, 6.07) is 8.75. The molecular weight excluding hydrogens is 316 g/mol. The Morgan fingerprint density at radius 3 is 1.90 bits per heavy atom. The van der Waals surface area contributed by atoms with Gasteiger partial charge in [0.25, 0.3) is 0 Å². The van der Waals surface area contributed by atoms with Gasteiger partial charge in [-0.05, 0) is 38.1 Å². The molecule has 4 aliphatic rings. The van der Waals surface area contributed by atoms with Gasteiger partial charge in [-0.15, -0.1) is 0 Å². The molecule has 0 saturated carbocycles. The number of quaternary nitrogens is 2. The summed E-state index contributed by atoms with van der Waals surface area (Å²) in [5, 5.41) is 0. The molecule has 0 atom stereocenters. The average molecular weight is 337 g/mol. The predicted octanol–water partition coefficient (Wildman–Crippen LogP) is -0.160. The molecule has 0 aromatic heterocycles. The van der Waals surface area contributed by atoms with Crippen molar-refractivity contribution in [1.29, 1.82) is 0 Å². The standard InChI is InChI=1S/C16H19BrN2O/c1-15-7-18-9-16(2,14(15)20)10-19(8-15)13(18)11-3-5-12(17)6-4-11/h3-6,13H,7-10H2,1-2H3/p+2. The minimum Gasteiger partial charge on any atom is -0.297 e. The van der Waals surface area contributed by atoms with E-state index in [0.717, 1.165) is 30.7 Å². The van der Waals surface area contributed by atoms with E-state index in [1.54, 1.807) is 9.80 Å². The van der Waals surface area contributed by atoms with Crippen LogP contribution in [0.1, 0.15) is 25.6 Å². The molecule has 20 heavy (non-hydrogen) atoms. The molecule has 1 aromatic carbocycles. The van der Waals surface area contributed by atoms with E-state index in [-0.39, 0.29) is 10.8 Å². The first-order valence-corrected chi connectivity index (χ1v) is 8.20. The van der Waals surface area contributed by atoms with Crippen molar-refractivity contribution in [3.05, 3.63) is 34.3 Å². The quantitative estimate of drug-likeness (QED) is 0.732. The highest BCUT2D eigenvalue weighted by Crippen LogP contribution is 2.36. The van der Waals surface area contributed by atoms with Crippen molar-refractivity contribution in [2.75, 3.05) is 26.2 Å². The predicted molar refractivity (Wildman–Crippen MR) is 79.5 cm³/mol. The molecule has 4 heteroatoms. The van der Waals surface area contributed by atoms with E-state index >= 15 is 0 Å². The summed E-state index contributed by atoms with van der Waals surface area (Å²) < 4.78 is 1.13. The molecular formula is C16H21BrN2O+2. The third-order valence-corrected chi connectivity index (χ3v) is 6.11. The Balaban J connectivity index is 1.74. The van der Waals surface area contributed by atoms with Gasteiger partial charge in [0.15, 0.2) is 5.78 Å². The lowest BCUT2D eigenvalue weighted by atomic mass is 9.62. The number of carbonyl (C=O) groups is 1. The highest BCUT2D eigenvalue weighted by Gasteiger charge is 2.68. The summed E-state index contributed by atoms with van der Waals surface area (Å²) in [6.07, 6.45) is 0.511. The Bertz CT molecular complexity index is 543. The normalized spacial score (nSPS) is 46.0. The van der Waals surface area contributed by atoms with Gasteiger partial charge in [-0.2, -0.15) is 0 Å². The van der Waals surface area contributed by atoms with Gasteiger partial charge in [0.05, 0.1) is 31.7 Å². The molecule has 0 amide bonds. The number of Topliss-reactive ketones (excluding diaryl/α,β-unsaturated/α-hetero) is 1. The summed E-state index contributed by atoms with van der Waals surface area (Å²) in [6.45, 7) is 8.39. The highest BCUT2D eigenvalue weighted by molar-refractivity contribution is 9.10. The molecule has 5 rings (SSSR count). The van der Waals surface area contributed by atoms with Crippen molar-refractivity contribution in [2.45, 2.75) is 20.0 Å². The van der Waals surface area contributed by atoms with Crippen molar-refractivity contribution in [2.24, 2.45) is 10.8 Å². The molecule has 0 spiro atoms. The summed E-state index contributed by atoms with van der Waals surface area (Å²) in [5.74, 6) is 0.520. The molecule has 2 N–H and O–H groups in total. The van der Waals surface area contributed by atoms with Crippen LogP contribution >= 0.6 is 15.9 Å². The number of carbonyl (C=O) groups excluding carboxylic acids is 1. The van der Waals surface area contributed by atoms with Crippen LogP contribution in [-0.2, 0) is 4.79 Å². The number of benzene rings is 1. The SMILES string of the molecule is CC12C[NH+]3CC(C)(C[NH+](C1)C3c1ccc(Br)cc1)C2=O. The van der Waals surface area contributed by atoms with Crippen LogP contribution in [0.5, 0.6) is 0 Å². The fourth-order valence-corrected chi connectivity index (χ4v) is 5.39. The van der Waals surface area contributed by atoms with Crippen LogP contribution in [0.2, 0.25) is 0 Å². The van der Waals surface area contributed by atoms with Gasteiger partial charge < -0.3 is 0 Å². The fourth-order valence-electron chi connectivity index (χ4n) is 5.13. The van der Waals surface area contributed by atoms with E-state index in [0.29, 0.717) is 11.9 Å². The maximum absolute atomic E-state index is 12.7. The first-order valence-electron chi connectivity index (χ1n) is 7.41. The lowest BCUT2D eigenvalue weighted by molar-refractivity contribution is -1.18. The van der Waals surface area contributed by atoms with E-state index in [1.807, 2.05) is 0 Å². The maximum atomic E-state index is 12.7. The molecule has 106 valence electrons. The molecule has 0 unspecified atom stereocenters. The second-order valence-corrected chi connectivity index (χ2v) is 8.37. The van der Waals surface area contributed by atoms with Gasteiger partial charge in [-0.1, -0.05) is 15.9 Å². The molecule has 0 radical (unpaired) electrons.